The Hall–Kier alpha value is -3.76. The maximum Gasteiger partial charge on any atom is 0.244 e. The predicted octanol–water partition coefficient (Wildman–Crippen LogP) is 4.78. The van der Waals surface area contributed by atoms with Crippen molar-refractivity contribution in [3.8, 4) is 11.5 Å². The summed E-state index contributed by atoms with van der Waals surface area (Å²) in [4.78, 5) is 29.5. The lowest BCUT2D eigenvalue weighted by Gasteiger charge is -2.35. The van der Waals surface area contributed by atoms with E-state index in [1.54, 1.807) is 42.5 Å². The Bertz CT molecular complexity index is 1510. The van der Waals surface area contributed by atoms with Crippen LogP contribution in [-0.4, -0.2) is 55.8 Å². The van der Waals surface area contributed by atoms with Crippen molar-refractivity contribution in [1.29, 1.82) is 0 Å². The van der Waals surface area contributed by atoms with Gasteiger partial charge in [0, 0.05) is 29.6 Å². The standard InChI is InChI=1S/C31H36ClN3O6S/c1-5-42(38,39)35(25-15-16-27-28(18-25)41-21-40-27)20-29(36)34(19-23-11-13-24(32)14-12-23)26(30(37)33-31(2,3)4)17-22-9-7-6-8-10-22/h6-16,18,26H,5,17,19-21H2,1-4H3,(H,33,37)/t26-/m1/s1. The van der Waals surface area contributed by atoms with Gasteiger partial charge in [-0.1, -0.05) is 54.1 Å². The first kappa shape index (κ1) is 31.2. The second-order valence-electron chi connectivity index (χ2n) is 11.0. The topological polar surface area (TPSA) is 105 Å². The molecule has 1 aliphatic rings. The summed E-state index contributed by atoms with van der Waals surface area (Å²) in [6, 6.07) is 20.2. The fraction of sp³-hybridized carbons (Fsp3) is 0.355. The molecule has 2 amide bonds. The number of nitrogens with zero attached hydrogens (tertiary/aromatic N) is 2. The quantitative estimate of drug-likeness (QED) is 0.334. The molecule has 3 aromatic carbocycles. The zero-order chi connectivity index (χ0) is 30.5. The van der Waals surface area contributed by atoms with Crippen LogP contribution in [0.5, 0.6) is 11.5 Å². The number of ether oxygens (including phenoxy) is 2. The van der Waals surface area contributed by atoms with Gasteiger partial charge in [-0.25, -0.2) is 8.42 Å². The van der Waals surface area contributed by atoms with E-state index in [9.17, 15) is 18.0 Å². The first-order valence-electron chi connectivity index (χ1n) is 13.7. The van der Waals surface area contributed by atoms with Crippen LogP contribution in [0.2, 0.25) is 5.02 Å². The molecule has 0 aromatic heterocycles. The van der Waals surface area contributed by atoms with Crippen molar-refractivity contribution in [1.82, 2.24) is 10.2 Å². The molecule has 0 unspecified atom stereocenters. The summed E-state index contributed by atoms with van der Waals surface area (Å²) in [7, 11) is -3.90. The monoisotopic (exact) mass is 613 g/mol. The highest BCUT2D eigenvalue weighted by Gasteiger charge is 2.35. The van der Waals surface area contributed by atoms with Crippen LogP contribution in [0.15, 0.2) is 72.8 Å². The highest BCUT2D eigenvalue weighted by atomic mass is 35.5. The summed E-state index contributed by atoms with van der Waals surface area (Å²) in [5.41, 5.74) is 1.29. The van der Waals surface area contributed by atoms with E-state index < -0.39 is 34.1 Å². The van der Waals surface area contributed by atoms with Crippen molar-refractivity contribution in [2.24, 2.45) is 0 Å². The number of anilines is 1. The van der Waals surface area contributed by atoms with Crippen molar-refractivity contribution in [2.45, 2.75) is 52.2 Å². The van der Waals surface area contributed by atoms with Gasteiger partial charge in [0.15, 0.2) is 11.5 Å². The zero-order valence-electron chi connectivity index (χ0n) is 24.2. The number of carbonyl (C=O) groups is 2. The number of nitrogens with one attached hydrogen (secondary N) is 1. The third kappa shape index (κ3) is 7.95. The van der Waals surface area contributed by atoms with Crippen LogP contribution in [0.3, 0.4) is 0 Å². The van der Waals surface area contributed by atoms with Crippen LogP contribution in [0.4, 0.5) is 5.69 Å². The van der Waals surface area contributed by atoms with Crippen LogP contribution < -0.4 is 19.1 Å². The SMILES string of the molecule is CCS(=O)(=O)N(CC(=O)N(Cc1ccc(Cl)cc1)[C@H](Cc1ccccc1)C(=O)NC(C)(C)C)c1ccc2c(c1)OCO2. The Labute approximate surface area is 252 Å². The minimum absolute atomic E-state index is 0.0250. The molecule has 0 spiro atoms. The summed E-state index contributed by atoms with van der Waals surface area (Å²) in [6.07, 6.45) is 0.229. The zero-order valence-corrected chi connectivity index (χ0v) is 25.7. The van der Waals surface area contributed by atoms with Crippen LogP contribution in [0.25, 0.3) is 0 Å². The van der Waals surface area contributed by atoms with Gasteiger partial charge >= 0.3 is 0 Å². The highest BCUT2D eigenvalue weighted by molar-refractivity contribution is 7.92. The molecule has 0 radical (unpaired) electrons. The molecule has 1 atom stereocenters. The van der Waals surface area contributed by atoms with Crippen LogP contribution in [0.1, 0.15) is 38.8 Å². The van der Waals surface area contributed by atoms with Gasteiger partial charge in [-0.15, -0.1) is 0 Å². The average Bonchev–Trinajstić information content (AvgIpc) is 3.42. The Morgan fingerprint density at radius 2 is 1.62 bits per heavy atom. The van der Waals surface area contributed by atoms with Crippen molar-refractivity contribution in [3.05, 3.63) is 88.9 Å². The lowest BCUT2D eigenvalue weighted by Crippen LogP contribution is -2.56. The van der Waals surface area contributed by atoms with E-state index in [0.717, 1.165) is 15.4 Å². The van der Waals surface area contributed by atoms with Crippen molar-refractivity contribution in [3.63, 3.8) is 0 Å². The van der Waals surface area contributed by atoms with Gasteiger partial charge in [-0.05, 0) is 63.1 Å². The van der Waals surface area contributed by atoms with Gasteiger partial charge in [-0.3, -0.25) is 13.9 Å². The second-order valence-corrected chi connectivity index (χ2v) is 13.7. The molecule has 1 heterocycles. The summed E-state index contributed by atoms with van der Waals surface area (Å²) >= 11 is 6.11. The minimum atomic E-state index is -3.90. The van der Waals surface area contributed by atoms with Gasteiger partial charge in [0.25, 0.3) is 0 Å². The normalized spacial score (nSPS) is 13.4. The lowest BCUT2D eigenvalue weighted by molar-refractivity contribution is -0.140. The number of fused-ring (bicyclic) bond motifs is 1. The molecule has 0 saturated heterocycles. The third-order valence-corrected chi connectivity index (χ3v) is 8.65. The Morgan fingerprint density at radius 3 is 2.26 bits per heavy atom. The summed E-state index contributed by atoms with van der Waals surface area (Å²) in [5, 5.41) is 3.54. The largest absolute Gasteiger partial charge is 0.454 e. The number of rotatable bonds is 11. The molecule has 4 rings (SSSR count). The average molecular weight is 614 g/mol. The minimum Gasteiger partial charge on any atom is -0.454 e. The van der Waals surface area contributed by atoms with Crippen molar-refractivity contribution in [2.75, 3.05) is 23.4 Å². The Kier molecular flexibility index (Phi) is 9.68. The van der Waals surface area contributed by atoms with Gasteiger partial charge in [0.1, 0.15) is 12.6 Å². The summed E-state index contributed by atoms with van der Waals surface area (Å²) in [5.74, 6) is -0.235. The molecule has 42 heavy (non-hydrogen) atoms. The van der Waals surface area contributed by atoms with E-state index in [1.165, 1.54) is 11.8 Å². The predicted molar refractivity (Wildman–Crippen MR) is 163 cm³/mol. The summed E-state index contributed by atoms with van der Waals surface area (Å²) < 4.78 is 38.5. The molecule has 0 bridgehead atoms. The molecular formula is C31H36ClN3O6S. The van der Waals surface area contributed by atoms with Gasteiger partial charge in [0.05, 0.1) is 11.4 Å². The third-order valence-electron chi connectivity index (χ3n) is 6.66. The number of hydrogen-bond acceptors (Lipinski definition) is 6. The van der Waals surface area contributed by atoms with Gasteiger partial charge in [0.2, 0.25) is 28.6 Å². The maximum atomic E-state index is 14.3. The molecule has 1 aliphatic heterocycles. The molecule has 0 aliphatic carbocycles. The lowest BCUT2D eigenvalue weighted by atomic mass is 10.0. The second kappa shape index (κ2) is 13.0. The fourth-order valence-electron chi connectivity index (χ4n) is 4.55. The van der Waals surface area contributed by atoms with Crippen molar-refractivity contribution < 1.29 is 27.5 Å². The van der Waals surface area contributed by atoms with Crippen LogP contribution in [-0.2, 0) is 32.6 Å². The highest BCUT2D eigenvalue weighted by Crippen LogP contribution is 2.36. The Balaban J connectivity index is 1.75. The number of sulfonamides is 1. The first-order chi connectivity index (χ1) is 19.9. The Morgan fingerprint density at radius 1 is 0.952 bits per heavy atom. The molecular weight excluding hydrogens is 578 g/mol. The number of amides is 2. The van der Waals surface area contributed by atoms with E-state index in [4.69, 9.17) is 21.1 Å². The van der Waals surface area contributed by atoms with Gasteiger partial charge < -0.3 is 19.7 Å². The van der Waals surface area contributed by atoms with Crippen LogP contribution in [0, 0.1) is 0 Å². The van der Waals surface area contributed by atoms with Gasteiger partial charge in [-0.2, -0.15) is 0 Å². The fourth-order valence-corrected chi connectivity index (χ4v) is 5.73. The molecule has 3 aromatic rings. The smallest absolute Gasteiger partial charge is 0.244 e. The molecule has 0 fully saturated rings. The van der Waals surface area contributed by atoms with E-state index in [2.05, 4.69) is 5.32 Å². The number of benzene rings is 3. The molecule has 9 nitrogen and oxygen atoms in total. The van der Waals surface area contributed by atoms with E-state index in [-0.39, 0.29) is 37.1 Å². The number of halogens is 1. The molecule has 0 saturated carbocycles. The molecule has 1 N–H and O–H groups in total. The van der Waals surface area contributed by atoms with E-state index in [1.807, 2.05) is 51.1 Å². The van der Waals surface area contributed by atoms with E-state index >= 15 is 0 Å². The number of carbonyl (C=O) groups excluding carboxylic acids is 2. The van der Waals surface area contributed by atoms with Crippen LogP contribution >= 0.6 is 11.6 Å². The molecule has 11 heteroatoms. The summed E-state index contributed by atoms with van der Waals surface area (Å²) in [6.45, 7) is 6.68. The molecule has 224 valence electrons. The first-order valence-corrected chi connectivity index (χ1v) is 15.6. The maximum absolute atomic E-state index is 14.3. The number of hydrogen-bond donors (Lipinski definition) is 1. The van der Waals surface area contributed by atoms with E-state index in [0.29, 0.717) is 16.5 Å². The van der Waals surface area contributed by atoms with Crippen molar-refractivity contribution >= 4 is 39.1 Å².